The normalized spacial score (nSPS) is 18.0. The second-order valence-electron chi connectivity index (χ2n) is 3.29. The van der Waals surface area contributed by atoms with E-state index in [2.05, 4.69) is 15.0 Å². The third kappa shape index (κ3) is 1.86. The minimum atomic E-state index is 0.119. The van der Waals surface area contributed by atoms with E-state index in [9.17, 15) is 4.79 Å². The minimum absolute atomic E-state index is 0.119. The maximum Gasteiger partial charge on any atom is 0.235 e. The Hall–Kier alpha value is -1.52. The Morgan fingerprint density at radius 1 is 1.14 bits per heavy atom. The summed E-state index contributed by atoms with van der Waals surface area (Å²) in [5.74, 6) is 0.598. The molecule has 1 saturated heterocycles. The van der Waals surface area contributed by atoms with Crippen molar-refractivity contribution in [2.24, 2.45) is 0 Å². The Kier molecular flexibility index (Phi) is 2.67. The fourth-order valence-corrected chi connectivity index (χ4v) is 1.57. The van der Waals surface area contributed by atoms with Crippen LogP contribution in [0.25, 0.3) is 0 Å². The molecule has 1 amide bonds. The fraction of sp³-hybridized carbons (Fsp3) is 0.556. The zero-order chi connectivity index (χ0) is 9.80. The van der Waals surface area contributed by atoms with Gasteiger partial charge in [-0.1, -0.05) is 6.42 Å². The van der Waals surface area contributed by atoms with E-state index >= 15 is 0 Å². The van der Waals surface area contributed by atoms with Crippen LogP contribution in [0.1, 0.15) is 25.7 Å². The zero-order valence-electron chi connectivity index (χ0n) is 7.89. The third-order valence-electron chi connectivity index (χ3n) is 2.29. The van der Waals surface area contributed by atoms with Gasteiger partial charge in [0.15, 0.2) is 0 Å². The monoisotopic (exact) mass is 192 g/mol. The molecule has 0 bridgehead atoms. The van der Waals surface area contributed by atoms with Gasteiger partial charge in [0.2, 0.25) is 11.9 Å². The van der Waals surface area contributed by atoms with E-state index in [4.69, 9.17) is 0 Å². The fourth-order valence-electron chi connectivity index (χ4n) is 1.57. The summed E-state index contributed by atoms with van der Waals surface area (Å²) in [5, 5.41) is 0. The smallest absolute Gasteiger partial charge is 0.235 e. The van der Waals surface area contributed by atoms with E-state index in [0.717, 1.165) is 25.8 Å². The quantitative estimate of drug-likeness (QED) is 0.659. The SMILES string of the molecule is O=C1CCCCCN1c1ncncn1. The lowest BCUT2D eigenvalue weighted by Crippen LogP contribution is -2.31. The van der Waals surface area contributed by atoms with Crippen LogP contribution in [-0.2, 0) is 4.79 Å². The summed E-state index contributed by atoms with van der Waals surface area (Å²) in [5.41, 5.74) is 0. The first-order valence-corrected chi connectivity index (χ1v) is 4.80. The number of rotatable bonds is 1. The molecule has 1 aliphatic heterocycles. The van der Waals surface area contributed by atoms with Crippen molar-refractivity contribution in [2.45, 2.75) is 25.7 Å². The summed E-state index contributed by atoms with van der Waals surface area (Å²) in [6, 6.07) is 0. The molecule has 0 aliphatic carbocycles. The summed E-state index contributed by atoms with van der Waals surface area (Å²) in [6.07, 6.45) is 6.54. The van der Waals surface area contributed by atoms with Gasteiger partial charge in [0.05, 0.1) is 0 Å². The molecular weight excluding hydrogens is 180 g/mol. The summed E-state index contributed by atoms with van der Waals surface area (Å²) < 4.78 is 0. The molecule has 1 fully saturated rings. The van der Waals surface area contributed by atoms with Gasteiger partial charge in [-0.25, -0.2) is 15.0 Å². The first-order valence-electron chi connectivity index (χ1n) is 4.80. The van der Waals surface area contributed by atoms with Crippen LogP contribution in [0.2, 0.25) is 0 Å². The van der Waals surface area contributed by atoms with Gasteiger partial charge in [0.25, 0.3) is 0 Å². The standard InChI is InChI=1S/C9H12N4O/c14-8-4-2-1-3-5-13(8)9-11-6-10-7-12-9/h6-7H,1-5H2. The Morgan fingerprint density at radius 2 is 1.93 bits per heavy atom. The summed E-state index contributed by atoms with van der Waals surface area (Å²) in [7, 11) is 0. The number of hydrogen-bond acceptors (Lipinski definition) is 4. The van der Waals surface area contributed by atoms with Gasteiger partial charge in [-0.05, 0) is 12.8 Å². The topological polar surface area (TPSA) is 59.0 Å². The zero-order valence-corrected chi connectivity index (χ0v) is 7.89. The number of carbonyl (C=O) groups is 1. The van der Waals surface area contributed by atoms with Gasteiger partial charge in [0, 0.05) is 13.0 Å². The summed E-state index contributed by atoms with van der Waals surface area (Å²) in [6.45, 7) is 0.725. The highest BCUT2D eigenvalue weighted by atomic mass is 16.2. The second kappa shape index (κ2) is 4.13. The van der Waals surface area contributed by atoms with Crippen molar-refractivity contribution >= 4 is 11.9 Å². The van der Waals surface area contributed by atoms with Crippen molar-refractivity contribution in [1.82, 2.24) is 15.0 Å². The van der Waals surface area contributed by atoms with E-state index < -0.39 is 0 Å². The van der Waals surface area contributed by atoms with Crippen LogP contribution in [0, 0.1) is 0 Å². The van der Waals surface area contributed by atoms with E-state index in [-0.39, 0.29) is 5.91 Å². The van der Waals surface area contributed by atoms with Crippen LogP contribution in [0.3, 0.4) is 0 Å². The van der Waals surface area contributed by atoms with Gasteiger partial charge < -0.3 is 0 Å². The van der Waals surface area contributed by atoms with E-state index in [1.807, 2.05) is 0 Å². The number of amides is 1. The molecule has 0 radical (unpaired) electrons. The van der Waals surface area contributed by atoms with Crippen molar-refractivity contribution in [1.29, 1.82) is 0 Å². The molecule has 0 N–H and O–H groups in total. The molecule has 2 rings (SSSR count). The van der Waals surface area contributed by atoms with Crippen LogP contribution in [-0.4, -0.2) is 27.4 Å². The Balaban J connectivity index is 2.19. The van der Waals surface area contributed by atoms with Crippen LogP contribution in [0.4, 0.5) is 5.95 Å². The highest BCUT2D eigenvalue weighted by Crippen LogP contribution is 2.15. The van der Waals surface area contributed by atoms with Crippen molar-refractivity contribution < 1.29 is 4.79 Å². The molecule has 0 spiro atoms. The summed E-state index contributed by atoms with van der Waals surface area (Å²) >= 11 is 0. The number of aromatic nitrogens is 3. The van der Waals surface area contributed by atoms with Crippen molar-refractivity contribution in [3.8, 4) is 0 Å². The van der Waals surface area contributed by atoms with E-state index in [1.165, 1.54) is 12.7 Å². The summed E-state index contributed by atoms with van der Waals surface area (Å²) in [4.78, 5) is 25.0. The molecule has 14 heavy (non-hydrogen) atoms. The molecular formula is C9H12N4O. The van der Waals surface area contributed by atoms with E-state index in [1.54, 1.807) is 4.90 Å². The molecule has 1 aromatic heterocycles. The van der Waals surface area contributed by atoms with Crippen molar-refractivity contribution in [3.63, 3.8) is 0 Å². The lowest BCUT2D eigenvalue weighted by Gasteiger charge is -2.16. The van der Waals surface area contributed by atoms with Gasteiger partial charge in [-0.2, -0.15) is 0 Å². The van der Waals surface area contributed by atoms with Crippen LogP contribution in [0.5, 0.6) is 0 Å². The van der Waals surface area contributed by atoms with Crippen LogP contribution < -0.4 is 4.90 Å². The predicted octanol–water partition coefficient (Wildman–Crippen LogP) is 0.779. The molecule has 0 unspecified atom stereocenters. The number of nitrogens with zero attached hydrogens (tertiary/aromatic N) is 4. The molecule has 1 aromatic rings. The van der Waals surface area contributed by atoms with Crippen LogP contribution in [0.15, 0.2) is 12.7 Å². The molecule has 74 valence electrons. The maximum atomic E-state index is 11.6. The average molecular weight is 192 g/mol. The van der Waals surface area contributed by atoms with Gasteiger partial charge >= 0.3 is 0 Å². The van der Waals surface area contributed by atoms with Gasteiger partial charge in [0.1, 0.15) is 12.7 Å². The van der Waals surface area contributed by atoms with Gasteiger partial charge in [-0.3, -0.25) is 9.69 Å². The molecule has 0 atom stereocenters. The van der Waals surface area contributed by atoms with Crippen molar-refractivity contribution in [3.05, 3.63) is 12.7 Å². The molecule has 5 nitrogen and oxygen atoms in total. The number of anilines is 1. The lowest BCUT2D eigenvalue weighted by molar-refractivity contribution is -0.118. The minimum Gasteiger partial charge on any atom is -0.281 e. The largest absolute Gasteiger partial charge is 0.281 e. The third-order valence-corrected chi connectivity index (χ3v) is 2.29. The second-order valence-corrected chi connectivity index (χ2v) is 3.29. The highest BCUT2D eigenvalue weighted by Gasteiger charge is 2.19. The van der Waals surface area contributed by atoms with Crippen LogP contribution >= 0.6 is 0 Å². The average Bonchev–Trinajstić information content (AvgIpc) is 2.44. The molecule has 1 aliphatic rings. The predicted molar refractivity (Wildman–Crippen MR) is 50.6 cm³/mol. The first-order chi connectivity index (χ1) is 6.88. The lowest BCUT2D eigenvalue weighted by atomic mass is 10.2. The maximum absolute atomic E-state index is 11.6. The first kappa shape index (κ1) is 9.05. The molecule has 2 heterocycles. The molecule has 0 saturated carbocycles. The number of carbonyl (C=O) groups excluding carboxylic acids is 1. The Labute approximate surface area is 82.2 Å². The van der Waals surface area contributed by atoms with Gasteiger partial charge in [-0.15, -0.1) is 0 Å². The number of hydrogen-bond donors (Lipinski definition) is 0. The van der Waals surface area contributed by atoms with E-state index in [0.29, 0.717) is 12.4 Å². The highest BCUT2D eigenvalue weighted by molar-refractivity contribution is 5.91. The molecule has 5 heteroatoms. The van der Waals surface area contributed by atoms with Crippen molar-refractivity contribution in [2.75, 3.05) is 11.4 Å². The Morgan fingerprint density at radius 3 is 2.71 bits per heavy atom. The Bertz CT molecular complexity index is 314. The molecule has 0 aromatic carbocycles.